The van der Waals surface area contributed by atoms with E-state index in [-0.39, 0.29) is 12.7 Å². The van der Waals surface area contributed by atoms with E-state index in [2.05, 4.69) is 19.0 Å². The molecule has 1 aliphatic heterocycles. The summed E-state index contributed by atoms with van der Waals surface area (Å²) in [5.74, 6) is 0.441. The Kier molecular flexibility index (Phi) is 2.27. The summed E-state index contributed by atoms with van der Waals surface area (Å²) < 4.78 is 0. The van der Waals surface area contributed by atoms with Crippen LogP contribution < -0.4 is 0 Å². The maximum Gasteiger partial charge on any atom is 0.155 e. The van der Waals surface area contributed by atoms with Crippen molar-refractivity contribution in [2.45, 2.75) is 26.4 Å². The van der Waals surface area contributed by atoms with Gasteiger partial charge in [0, 0.05) is 6.42 Å². The molecule has 0 saturated heterocycles. The van der Waals surface area contributed by atoms with Crippen molar-refractivity contribution in [1.29, 1.82) is 0 Å². The first kappa shape index (κ1) is 7.54. The Morgan fingerprint density at radius 3 is 2.80 bits per heavy atom. The monoisotopic (exact) mass is 143 g/mol. The van der Waals surface area contributed by atoms with E-state index >= 15 is 0 Å². The molecule has 1 rings (SSSR count). The first-order chi connectivity index (χ1) is 4.74. The smallest absolute Gasteiger partial charge is 0.155 e. The molecule has 1 heterocycles. The lowest BCUT2D eigenvalue weighted by atomic mass is 10.0. The number of aliphatic hydroxyl groups is 1. The lowest BCUT2D eigenvalue weighted by molar-refractivity contribution is 0.0390. The van der Waals surface area contributed by atoms with E-state index in [1.807, 2.05) is 0 Å². The molecule has 0 amide bonds. The highest BCUT2D eigenvalue weighted by Crippen LogP contribution is 2.14. The number of hydrogen-bond donors (Lipinski definition) is 1. The SMILES string of the molecule is CC(C)C1=NOC(CO)C1. The zero-order valence-electron chi connectivity index (χ0n) is 6.37. The lowest BCUT2D eigenvalue weighted by Gasteiger charge is -2.02. The van der Waals surface area contributed by atoms with Gasteiger partial charge in [-0.1, -0.05) is 19.0 Å². The Bertz CT molecular complexity index is 143. The molecule has 1 atom stereocenters. The van der Waals surface area contributed by atoms with Crippen molar-refractivity contribution in [3.8, 4) is 0 Å². The Hall–Kier alpha value is -0.570. The molecule has 0 aromatic rings. The van der Waals surface area contributed by atoms with Crippen LogP contribution in [-0.4, -0.2) is 23.5 Å². The van der Waals surface area contributed by atoms with E-state index < -0.39 is 0 Å². The van der Waals surface area contributed by atoms with Gasteiger partial charge in [0.15, 0.2) is 6.10 Å². The van der Waals surface area contributed by atoms with Crippen molar-refractivity contribution >= 4 is 5.71 Å². The van der Waals surface area contributed by atoms with Gasteiger partial charge in [0.05, 0.1) is 12.3 Å². The predicted octanol–water partition coefficient (Wildman–Crippen LogP) is 0.780. The second kappa shape index (κ2) is 3.01. The molecule has 58 valence electrons. The Balaban J connectivity index is 2.39. The van der Waals surface area contributed by atoms with Gasteiger partial charge in [0.1, 0.15) is 0 Å². The van der Waals surface area contributed by atoms with Crippen LogP contribution >= 0.6 is 0 Å². The lowest BCUT2D eigenvalue weighted by Crippen LogP contribution is -2.14. The highest BCUT2D eigenvalue weighted by molar-refractivity contribution is 5.87. The summed E-state index contributed by atoms with van der Waals surface area (Å²) in [6.45, 7) is 4.21. The summed E-state index contributed by atoms with van der Waals surface area (Å²) >= 11 is 0. The van der Waals surface area contributed by atoms with Crippen LogP contribution in [0.15, 0.2) is 5.16 Å². The number of nitrogens with zero attached hydrogens (tertiary/aromatic N) is 1. The quantitative estimate of drug-likeness (QED) is 0.620. The standard InChI is InChI=1S/C7H13NO2/c1-5(2)7-3-6(4-9)10-8-7/h5-6,9H,3-4H2,1-2H3. The van der Waals surface area contributed by atoms with Crippen molar-refractivity contribution < 1.29 is 9.94 Å². The second-order valence-corrected chi connectivity index (χ2v) is 2.85. The number of oxime groups is 1. The second-order valence-electron chi connectivity index (χ2n) is 2.85. The summed E-state index contributed by atoms with van der Waals surface area (Å²) in [4.78, 5) is 4.91. The van der Waals surface area contributed by atoms with Crippen LogP contribution in [-0.2, 0) is 4.84 Å². The molecule has 3 heteroatoms. The predicted molar refractivity (Wildman–Crippen MR) is 38.8 cm³/mol. The maximum absolute atomic E-state index is 8.67. The van der Waals surface area contributed by atoms with Gasteiger partial charge in [-0.15, -0.1) is 0 Å². The fraction of sp³-hybridized carbons (Fsp3) is 0.857. The topological polar surface area (TPSA) is 41.8 Å². The molecule has 0 bridgehead atoms. The van der Waals surface area contributed by atoms with Gasteiger partial charge >= 0.3 is 0 Å². The van der Waals surface area contributed by atoms with Crippen LogP contribution in [0.25, 0.3) is 0 Å². The largest absolute Gasteiger partial charge is 0.392 e. The van der Waals surface area contributed by atoms with E-state index in [0.29, 0.717) is 5.92 Å². The molecule has 0 saturated carbocycles. The number of aliphatic hydroxyl groups excluding tert-OH is 1. The maximum atomic E-state index is 8.67. The number of rotatable bonds is 2. The van der Waals surface area contributed by atoms with Gasteiger partial charge in [-0.2, -0.15) is 0 Å². The van der Waals surface area contributed by atoms with Gasteiger partial charge < -0.3 is 9.94 Å². The van der Waals surface area contributed by atoms with Crippen molar-refractivity contribution in [3.63, 3.8) is 0 Å². The molecular formula is C7H13NO2. The third kappa shape index (κ3) is 1.48. The third-order valence-corrected chi connectivity index (χ3v) is 1.63. The van der Waals surface area contributed by atoms with Crippen LogP contribution in [0.5, 0.6) is 0 Å². The van der Waals surface area contributed by atoms with E-state index in [1.54, 1.807) is 0 Å². The van der Waals surface area contributed by atoms with Crippen LogP contribution in [0.4, 0.5) is 0 Å². The average Bonchev–Trinajstić information content (AvgIpc) is 2.34. The molecule has 1 N–H and O–H groups in total. The van der Waals surface area contributed by atoms with Crippen molar-refractivity contribution in [3.05, 3.63) is 0 Å². The first-order valence-corrected chi connectivity index (χ1v) is 3.57. The van der Waals surface area contributed by atoms with E-state index in [1.165, 1.54) is 0 Å². The summed E-state index contributed by atoms with van der Waals surface area (Å²) in [6, 6.07) is 0. The molecule has 3 nitrogen and oxygen atoms in total. The Morgan fingerprint density at radius 2 is 2.50 bits per heavy atom. The van der Waals surface area contributed by atoms with Crippen LogP contribution in [0.2, 0.25) is 0 Å². The Labute approximate surface area is 60.7 Å². The fourth-order valence-electron chi connectivity index (χ4n) is 0.889. The first-order valence-electron chi connectivity index (χ1n) is 3.57. The van der Waals surface area contributed by atoms with Crippen LogP contribution in [0, 0.1) is 5.92 Å². The van der Waals surface area contributed by atoms with E-state index in [9.17, 15) is 0 Å². The molecule has 0 aromatic carbocycles. The minimum absolute atomic E-state index is 0.0692. The molecule has 0 radical (unpaired) electrons. The zero-order chi connectivity index (χ0) is 7.56. The summed E-state index contributed by atoms with van der Waals surface area (Å²) in [5, 5.41) is 12.5. The van der Waals surface area contributed by atoms with Gasteiger partial charge in [0.2, 0.25) is 0 Å². The zero-order valence-corrected chi connectivity index (χ0v) is 6.37. The van der Waals surface area contributed by atoms with Crippen LogP contribution in [0.1, 0.15) is 20.3 Å². The van der Waals surface area contributed by atoms with Gasteiger partial charge in [-0.25, -0.2) is 0 Å². The normalized spacial score (nSPS) is 24.8. The highest BCUT2D eigenvalue weighted by atomic mass is 16.6. The molecule has 0 fully saturated rings. The molecule has 1 aliphatic rings. The van der Waals surface area contributed by atoms with Crippen molar-refractivity contribution in [2.24, 2.45) is 11.1 Å². The average molecular weight is 143 g/mol. The van der Waals surface area contributed by atoms with Gasteiger partial charge in [-0.05, 0) is 5.92 Å². The van der Waals surface area contributed by atoms with Crippen LogP contribution in [0.3, 0.4) is 0 Å². The molecule has 10 heavy (non-hydrogen) atoms. The molecule has 0 aromatic heterocycles. The summed E-state index contributed by atoms with van der Waals surface area (Å²) in [7, 11) is 0. The summed E-state index contributed by atoms with van der Waals surface area (Å²) in [6.07, 6.45) is 0.700. The molecule has 1 unspecified atom stereocenters. The molecule has 0 aliphatic carbocycles. The highest BCUT2D eigenvalue weighted by Gasteiger charge is 2.21. The van der Waals surface area contributed by atoms with E-state index in [0.717, 1.165) is 12.1 Å². The van der Waals surface area contributed by atoms with Crippen molar-refractivity contribution in [1.82, 2.24) is 0 Å². The Morgan fingerprint density at radius 1 is 1.80 bits per heavy atom. The van der Waals surface area contributed by atoms with Gasteiger partial charge in [-0.3, -0.25) is 0 Å². The minimum Gasteiger partial charge on any atom is -0.392 e. The number of hydrogen-bond acceptors (Lipinski definition) is 3. The fourth-order valence-corrected chi connectivity index (χ4v) is 0.889. The summed E-state index contributed by atoms with van der Waals surface area (Å²) in [5.41, 5.74) is 1.05. The van der Waals surface area contributed by atoms with Gasteiger partial charge in [0.25, 0.3) is 0 Å². The minimum atomic E-state index is -0.0857. The third-order valence-electron chi connectivity index (χ3n) is 1.63. The molecule has 0 spiro atoms. The molecular weight excluding hydrogens is 130 g/mol. The van der Waals surface area contributed by atoms with E-state index in [4.69, 9.17) is 9.94 Å². The van der Waals surface area contributed by atoms with Crippen molar-refractivity contribution in [2.75, 3.05) is 6.61 Å².